The van der Waals surface area contributed by atoms with E-state index in [9.17, 15) is 4.79 Å². The van der Waals surface area contributed by atoms with Gasteiger partial charge < -0.3 is 4.74 Å². The van der Waals surface area contributed by atoms with Crippen LogP contribution in [0.5, 0.6) is 0 Å². The zero-order valence-electron chi connectivity index (χ0n) is 12.3. The minimum Gasteiger partial charge on any atom is -0.379 e. The number of carbonyl (C=O) groups is 1. The fourth-order valence-electron chi connectivity index (χ4n) is 2.17. The largest absolute Gasteiger partial charge is 0.379 e. The molecule has 1 aromatic rings. The Morgan fingerprint density at radius 3 is 2.50 bits per heavy atom. The fourth-order valence-corrected chi connectivity index (χ4v) is 3.08. The minimum absolute atomic E-state index is 0.0647. The second-order valence-electron chi connectivity index (χ2n) is 5.35. The molecule has 0 unspecified atom stereocenters. The molecular formula is C16H23NO2S. The van der Waals surface area contributed by atoms with Crippen LogP contribution in [0.4, 0.5) is 0 Å². The summed E-state index contributed by atoms with van der Waals surface area (Å²) in [5.74, 6) is 1.36. The molecule has 1 fully saturated rings. The maximum absolute atomic E-state index is 11.9. The molecule has 0 spiro atoms. The number of morpholine rings is 1. The molecule has 0 N–H and O–H groups in total. The second kappa shape index (κ2) is 7.81. The van der Waals surface area contributed by atoms with Gasteiger partial charge in [0.25, 0.3) is 0 Å². The molecule has 0 amide bonds. The Hall–Kier alpha value is -0.840. The first-order valence-electron chi connectivity index (χ1n) is 7.24. The van der Waals surface area contributed by atoms with Gasteiger partial charge in [-0.3, -0.25) is 9.69 Å². The van der Waals surface area contributed by atoms with Gasteiger partial charge in [0, 0.05) is 41.8 Å². The van der Waals surface area contributed by atoms with Gasteiger partial charge in [0.2, 0.25) is 0 Å². The number of hydrogen-bond acceptors (Lipinski definition) is 4. The minimum atomic E-state index is 0.0647. The maximum atomic E-state index is 11.9. The molecule has 0 atom stereocenters. The summed E-state index contributed by atoms with van der Waals surface area (Å²) in [4.78, 5) is 15.5. The summed E-state index contributed by atoms with van der Waals surface area (Å²) in [5, 5.41) is 0. The van der Waals surface area contributed by atoms with E-state index < -0.39 is 0 Å². The van der Waals surface area contributed by atoms with Gasteiger partial charge in [-0.25, -0.2) is 0 Å². The van der Waals surface area contributed by atoms with Gasteiger partial charge >= 0.3 is 0 Å². The van der Waals surface area contributed by atoms with Gasteiger partial charge in [-0.05, 0) is 12.1 Å². The predicted molar refractivity (Wildman–Crippen MR) is 83.6 cm³/mol. The van der Waals surface area contributed by atoms with Crippen LogP contribution in [0.1, 0.15) is 24.2 Å². The predicted octanol–water partition coefficient (Wildman–Crippen LogP) is 2.95. The van der Waals surface area contributed by atoms with E-state index in [4.69, 9.17) is 4.74 Å². The third kappa shape index (κ3) is 4.62. The van der Waals surface area contributed by atoms with Crippen molar-refractivity contribution in [1.29, 1.82) is 0 Å². The van der Waals surface area contributed by atoms with Gasteiger partial charge in [0.15, 0.2) is 5.78 Å². The van der Waals surface area contributed by atoms with Crippen molar-refractivity contribution in [2.45, 2.75) is 18.7 Å². The lowest BCUT2D eigenvalue weighted by Gasteiger charge is -2.26. The summed E-state index contributed by atoms with van der Waals surface area (Å²) in [6.07, 6.45) is 0. The molecule has 2 rings (SSSR count). The monoisotopic (exact) mass is 293 g/mol. The Bertz CT molecular complexity index is 425. The Labute approximate surface area is 125 Å². The van der Waals surface area contributed by atoms with Crippen LogP contribution in [0.25, 0.3) is 0 Å². The van der Waals surface area contributed by atoms with E-state index in [2.05, 4.69) is 17.0 Å². The van der Waals surface area contributed by atoms with Crippen molar-refractivity contribution >= 4 is 17.5 Å². The van der Waals surface area contributed by atoms with Crippen LogP contribution in [-0.4, -0.2) is 49.3 Å². The summed E-state index contributed by atoms with van der Waals surface area (Å²) in [6, 6.07) is 8.00. The van der Waals surface area contributed by atoms with E-state index in [1.54, 1.807) is 0 Å². The van der Waals surface area contributed by atoms with Gasteiger partial charge in [0.05, 0.1) is 13.2 Å². The lowest BCUT2D eigenvalue weighted by molar-refractivity contribution is 0.0410. The summed E-state index contributed by atoms with van der Waals surface area (Å²) in [6.45, 7) is 8.78. The van der Waals surface area contributed by atoms with E-state index in [0.717, 1.165) is 44.2 Å². The molecule has 110 valence electrons. The highest BCUT2D eigenvalue weighted by molar-refractivity contribution is 7.99. The quantitative estimate of drug-likeness (QED) is 0.596. The lowest BCUT2D eigenvalue weighted by Crippen LogP contribution is -2.37. The van der Waals surface area contributed by atoms with E-state index in [1.165, 1.54) is 4.90 Å². The standard InChI is InChI=1S/C16H23NO2S/c1-13(2)16(18)14-3-5-15(6-4-14)20-12-9-17-7-10-19-11-8-17/h3-6,13H,7-12H2,1-2H3. The SMILES string of the molecule is CC(C)C(=O)c1ccc(SCCN2CCOCC2)cc1. The molecule has 1 heterocycles. The molecule has 0 aliphatic carbocycles. The molecule has 1 aliphatic rings. The molecular weight excluding hydrogens is 270 g/mol. The van der Waals surface area contributed by atoms with E-state index in [0.29, 0.717) is 0 Å². The Morgan fingerprint density at radius 2 is 1.90 bits per heavy atom. The maximum Gasteiger partial charge on any atom is 0.165 e. The van der Waals surface area contributed by atoms with E-state index in [1.807, 2.05) is 37.7 Å². The molecule has 3 nitrogen and oxygen atoms in total. The number of hydrogen-bond donors (Lipinski definition) is 0. The average Bonchev–Trinajstić information content (AvgIpc) is 2.48. The number of Topliss-reactive ketones (excluding diaryl/α,β-unsaturated/α-hetero) is 1. The summed E-state index contributed by atoms with van der Waals surface area (Å²) in [5.41, 5.74) is 0.817. The number of nitrogens with zero attached hydrogens (tertiary/aromatic N) is 1. The zero-order valence-corrected chi connectivity index (χ0v) is 13.1. The van der Waals surface area contributed by atoms with Crippen LogP contribution >= 0.6 is 11.8 Å². The molecule has 4 heteroatoms. The highest BCUT2D eigenvalue weighted by Gasteiger charge is 2.11. The van der Waals surface area contributed by atoms with Gasteiger partial charge in [0.1, 0.15) is 0 Å². The second-order valence-corrected chi connectivity index (χ2v) is 6.51. The van der Waals surface area contributed by atoms with Crippen molar-refractivity contribution in [2.75, 3.05) is 38.6 Å². The molecule has 0 saturated carbocycles. The lowest BCUT2D eigenvalue weighted by atomic mass is 10.0. The summed E-state index contributed by atoms with van der Waals surface area (Å²) in [7, 11) is 0. The van der Waals surface area contributed by atoms with Gasteiger partial charge in [-0.15, -0.1) is 11.8 Å². The first-order chi connectivity index (χ1) is 9.66. The molecule has 1 aliphatic heterocycles. The third-order valence-corrected chi connectivity index (χ3v) is 4.44. The topological polar surface area (TPSA) is 29.5 Å². The highest BCUT2D eigenvalue weighted by atomic mass is 32.2. The molecule has 0 radical (unpaired) electrons. The molecule has 1 saturated heterocycles. The highest BCUT2D eigenvalue weighted by Crippen LogP contribution is 2.20. The Balaban J connectivity index is 1.77. The van der Waals surface area contributed by atoms with Crippen LogP contribution < -0.4 is 0 Å². The van der Waals surface area contributed by atoms with Crippen molar-refractivity contribution in [2.24, 2.45) is 5.92 Å². The number of benzene rings is 1. The fraction of sp³-hybridized carbons (Fsp3) is 0.562. The van der Waals surface area contributed by atoms with Gasteiger partial charge in [-0.2, -0.15) is 0 Å². The van der Waals surface area contributed by atoms with Crippen LogP contribution in [0.2, 0.25) is 0 Å². The zero-order chi connectivity index (χ0) is 14.4. The van der Waals surface area contributed by atoms with E-state index >= 15 is 0 Å². The first kappa shape index (κ1) is 15.5. The number of carbonyl (C=O) groups excluding carboxylic acids is 1. The van der Waals surface area contributed by atoms with Crippen LogP contribution in [0.3, 0.4) is 0 Å². The normalized spacial score (nSPS) is 16.6. The molecule has 20 heavy (non-hydrogen) atoms. The van der Waals surface area contributed by atoms with Crippen molar-refractivity contribution in [3.8, 4) is 0 Å². The van der Waals surface area contributed by atoms with Crippen molar-refractivity contribution in [3.05, 3.63) is 29.8 Å². The molecule has 0 aromatic heterocycles. The first-order valence-corrected chi connectivity index (χ1v) is 8.22. The summed E-state index contributed by atoms with van der Waals surface area (Å²) < 4.78 is 5.34. The molecule has 1 aromatic carbocycles. The van der Waals surface area contributed by atoms with Crippen LogP contribution in [0, 0.1) is 5.92 Å². The van der Waals surface area contributed by atoms with Crippen molar-refractivity contribution in [1.82, 2.24) is 4.90 Å². The van der Waals surface area contributed by atoms with Crippen molar-refractivity contribution < 1.29 is 9.53 Å². The number of thioether (sulfide) groups is 1. The van der Waals surface area contributed by atoms with Gasteiger partial charge in [-0.1, -0.05) is 26.0 Å². The summed E-state index contributed by atoms with van der Waals surface area (Å²) >= 11 is 1.85. The third-order valence-electron chi connectivity index (χ3n) is 3.44. The Kier molecular flexibility index (Phi) is 6.07. The average molecular weight is 293 g/mol. The number of rotatable bonds is 6. The smallest absolute Gasteiger partial charge is 0.165 e. The van der Waals surface area contributed by atoms with Crippen molar-refractivity contribution in [3.63, 3.8) is 0 Å². The Morgan fingerprint density at radius 1 is 1.25 bits per heavy atom. The van der Waals surface area contributed by atoms with Crippen LogP contribution in [0.15, 0.2) is 29.2 Å². The van der Waals surface area contributed by atoms with Crippen LogP contribution in [-0.2, 0) is 4.74 Å². The number of ether oxygens (including phenoxy) is 1. The number of ketones is 1. The van der Waals surface area contributed by atoms with E-state index in [-0.39, 0.29) is 11.7 Å². The molecule has 0 bridgehead atoms.